The molecule has 1 saturated heterocycles. The Morgan fingerprint density at radius 3 is 2.43 bits per heavy atom. The van der Waals surface area contributed by atoms with Gasteiger partial charge in [-0.2, -0.15) is 13.2 Å². The summed E-state index contributed by atoms with van der Waals surface area (Å²) < 4.78 is 44.0. The van der Waals surface area contributed by atoms with Crippen LogP contribution >= 0.6 is 0 Å². The number of ether oxygens (including phenoxy) is 1. The molecule has 8 heteroatoms. The second kappa shape index (κ2) is 9.38. The van der Waals surface area contributed by atoms with Crippen molar-refractivity contribution in [3.63, 3.8) is 0 Å². The fourth-order valence-electron chi connectivity index (χ4n) is 3.56. The molecular formula is C22H26F3N3O2. The van der Waals surface area contributed by atoms with Crippen molar-refractivity contribution in [2.75, 3.05) is 51.8 Å². The summed E-state index contributed by atoms with van der Waals surface area (Å²) in [7, 11) is 3.50. The van der Waals surface area contributed by atoms with Gasteiger partial charge in [-0.1, -0.05) is 18.2 Å². The Hall–Kier alpha value is -2.74. The smallest absolute Gasteiger partial charge is 0.416 e. The molecule has 1 amide bonds. The number of hydrogen-bond donors (Lipinski definition) is 0. The summed E-state index contributed by atoms with van der Waals surface area (Å²) in [5.41, 5.74) is 0.934. The summed E-state index contributed by atoms with van der Waals surface area (Å²) in [6, 6.07) is 13.0. The van der Waals surface area contributed by atoms with Gasteiger partial charge in [-0.15, -0.1) is 0 Å². The summed E-state index contributed by atoms with van der Waals surface area (Å²) in [6.45, 7) is 2.89. The highest BCUT2D eigenvalue weighted by Gasteiger charge is 2.31. The van der Waals surface area contributed by atoms with Crippen molar-refractivity contribution in [1.29, 1.82) is 0 Å². The Morgan fingerprint density at radius 2 is 1.77 bits per heavy atom. The molecule has 1 aliphatic heterocycles. The van der Waals surface area contributed by atoms with Gasteiger partial charge in [0.1, 0.15) is 5.75 Å². The van der Waals surface area contributed by atoms with Crippen LogP contribution in [0.5, 0.6) is 5.75 Å². The third kappa shape index (κ3) is 5.66. The van der Waals surface area contributed by atoms with Gasteiger partial charge in [0.2, 0.25) is 5.91 Å². The molecular weight excluding hydrogens is 395 g/mol. The Kier molecular flexibility index (Phi) is 6.87. The van der Waals surface area contributed by atoms with Gasteiger partial charge in [-0.25, -0.2) is 0 Å². The number of carbonyl (C=O) groups excluding carboxylic acids is 1. The zero-order chi connectivity index (χ0) is 21.7. The van der Waals surface area contributed by atoms with Gasteiger partial charge in [-0.3, -0.25) is 9.69 Å². The van der Waals surface area contributed by atoms with Crippen molar-refractivity contribution in [2.45, 2.75) is 12.7 Å². The van der Waals surface area contributed by atoms with Crippen LogP contribution < -0.4 is 9.64 Å². The van der Waals surface area contributed by atoms with Crippen molar-refractivity contribution >= 4 is 11.6 Å². The van der Waals surface area contributed by atoms with Gasteiger partial charge in [0.25, 0.3) is 0 Å². The molecule has 1 heterocycles. The first-order valence-corrected chi connectivity index (χ1v) is 9.78. The molecule has 0 bridgehead atoms. The van der Waals surface area contributed by atoms with E-state index in [0.717, 1.165) is 17.4 Å². The van der Waals surface area contributed by atoms with Gasteiger partial charge >= 0.3 is 6.18 Å². The zero-order valence-corrected chi connectivity index (χ0v) is 17.2. The molecule has 0 N–H and O–H groups in total. The quantitative estimate of drug-likeness (QED) is 0.716. The number of hydrogen-bond acceptors (Lipinski definition) is 4. The number of halogens is 3. The van der Waals surface area contributed by atoms with Crippen LogP contribution in [0.3, 0.4) is 0 Å². The van der Waals surface area contributed by atoms with Crippen molar-refractivity contribution in [2.24, 2.45) is 0 Å². The molecule has 2 aromatic rings. The number of piperazine rings is 1. The lowest BCUT2D eigenvalue weighted by atomic mass is 10.1. The van der Waals surface area contributed by atoms with E-state index in [4.69, 9.17) is 4.74 Å². The zero-order valence-electron chi connectivity index (χ0n) is 17.2. The molecule has 0 saturated carbocycles. The largest absolute Gasteiger partial charge is 0.497 e. The van der Waals surface area contributed by atoms with Crippen molar-refractivity contribution in [1.82, 2.24) is 9.80 Å². The minimum atomic E-state index is -4.36. The number of methoxy groups -OCH3 is 1. The van der Waals surface area contributed by atoms with E-state index < -0.39 is 11.7 Å². The number of anilines is 1. The van der Waals surface area contributed by atoms with Crippen molar-refractivity contribution in [3.05, 3.63) is 59.7 Å². The summed E-state index contributed by atoms with van der Waals surface area (Å²) in [6.07, 6.45) is -4.36. The van der Waals surface area contributed by atoms with E-state index in [-0.39, 0.29) is 12.5 Å². The van der Waals surface area contributed by atoms with Crippen LogP contribution in [-0.2, 0) is 17.5 Å². The fraction of sp³-hybridized carbons (Fsp3) is 0.409. The molecule has 0 aromatic heterocycles. The lowest BCUT2D eigenvalue weighted by molar-refractivity contribution is -0.137. The normalized spacial score (nSPS) is 14.9. The van der Waals surface area contributed by atoms with E-state index in [1.807, 2.05) is 41.1 Å². The van der Waals surface area contributed by atoms with Crippen LogP contribution in [0.4, 0.5) is 18.9 Å². The minimum Gasteiger partial charge on any atom is -0.497 e. The Bertz CT molecular complexity index is 865. The lowest BCUT2D eigenvalue weighted by Gasteiger charge is -2.37. The van der Waals surface area contributed by atoms with Crippen molar-refractivity contribution < 1.29 is 22.7 Å². The minimum absolute atomic E-state index is 0.0177. The summed E-state index contributed by atoms with van der Waals surface area (Å²) >= 11 is 0. The van der Waals surface area contributed by atoms with Crippen LogP contribution in [0.15, 0.2) is 48.5 Å². The number of carbonyl (C=O) groups is 1. The first-order valence-electron chi connectivity index (χ1n) is 9.78. The fourth-order valence-corrected chi connectivity index (χ4v) is 3.56. The molecule has 1 aliphatic rings. The molecule has 5 nitrogen and oxygen atoms in total. The SMILES string of the molecule is COc1cccc(CN(C)CC(=O)N2CCN(c3cccc(C(F)(F)F)c3)CC2)c1. The molecule has 0 aliphatic carbocycles. The van der Waals surface area contributed by atoms with Crippen LogP contribution in [-0.4, -0.2) is 62.6 Å². The van der Waals surface area contributed by atoms with Gasteiger partial charge in [0.15, 0.2) is 0 Å². The monoisotopic (exact) mass is 421 g/mol. The van der Waals surface area contributed by atoms with Gasteiger partial charge < -0.3 is 14.5 Å². The Balaban J connectivity index is 1.51. The van der Waals surface area contributed by atoms with E-state index in [9.17, 15) is 18.0 Å². The highest BCUT2D eigenvalue weighted by atomic mass is 19.4. The Morgan fingerprint density at radius 1 is 1.07 bits per heavy atom. The Labute approximate surface area is 174 Å². The molecule has 0 spiro atoms. The van der Waals surface area contributed by atoms with E-state index >= 15 is 0 Å². The predicted octanol–water partition coefficient (Wildman–Crippen LogP) is 3.49. The number of rotatable bonds is 6. The molecule has 0 radical (unpaired) electrons. The maximum Gasteiger partial charge on any atom is 0.416 e. The van der Waals surface area contributed by atoms with Gasteiger partial charge in [0.05, 0.1) is 19.2 Å². The number of nitrogens with zero attached hydrogens (tertiary/aromatic N) is 3. The predicted molar refractivity (Wildman–Crippen MR) is 110 cm³/mol. The third-order valence-corrected chi connectivity index (χ3v) is 5.16. The molecule has 3 rings (SSSR count). The molecule has 0 atom stereocenters. The summed E-state index contributed by atoms with van der Waals surface area (Å²) in [5, 5.41) is 0. The van der Waals surface area contributed by atoms with Crippen LogP contribution in [0.25, 0.3) is 0 Å². The maximum absolute atomic E-state index is 12.9. The van der Waals surface area contributed by atoms with Gasteiger partial charge in [0, 0.05) is 38.4 Å². The number of amides is 1. The second-order valence-electron chi connectivity index (χ2n) is 7.44. The lowest BCUT2D eigenvalue weighted by Crippen LogP contribution is -2.51. The molecule has 30 heavy (non-hydrogen) atoms. The highest BCUT2D eigenvalue weighted by molar-refractivity contribution is 5.78. The average molecular weight is 421 g/mol. The standard InChI is InChI=1S/C22H26F3N3O2/c1-26(15-17-5-3-8-20(13-17)30-2)16-21(29)28-11-9-27(10-12-28)19-7-4-6-18(14-19)22(23,24)25/h3-8,13-14H,9-12,15-16H2,1-2H3. The van der Waals surface area contributed by atoms with Crippen molar-refractivity contribution in [3.8, 4) is 5.75 Å². The van der Waals surface area contributed by atoms with Crippen LogP contribution in [0.2, 0.25) is 0 Å². The summed E-state index contributed by atoms with van der Waals surface area (Å²) in [5.74, 6) is 0.794. The first-order chi connectivity index (χ1) is 14.3. The number of benzene rings is 2. The second-order valence-corrected chi connectivity index (χ2v) is 7.44. The molecule has 2 aromatic carbocycles. The van der Waals surface area contributed by atoms with Crippen LogP contribution in [0.1, 0.15) is 11.1 Å². The highest BCUT2D eigenvalue weighted by Crippen LogP contribution is 2.31. The topological polar surface area (TPSA) is 36.0 Å². The number of alkyl halides is 3. The first kappa shape index (κ1) is 22.0. The summed E-state index contributed by atoms with van der Waals surface area (Å²) in [4.78, 5) is 18.2. The van der Waals surface area contributed by atoms with Gasteiger partial charge in [-0.05, 0) is 42.9 Å². The molecule has 162 valence electrons. The van der Waals surface area contributed by atoms with E-state index in [1.165, 1.54) is 12.1 Å². The molecule has 1 fully saturated rings. The van der Waals surface area contributed by atoms with E-state index in [0.29, 0.717) is 38.4 Å². The maximum atomic E-state index is 12.9. The van der Waals surface area contributed by atoms with E-state index in [1.54, 1.807) is 18.1 Å². The van der Waals surface area contributed by atoms with E-state index in [2.05, 4.69) is 0 Å². The average Bonchev–Trinajstić information content (AvgIpc) is 2.73. The number of likely N-dealkylation sites (N-methyl/N-ethyl adjacent to an activating group) is 1. The molecule has 0 unspecified atom stereocenters. The van der Waals surface area contributed by atoms with Crippen LogP contribution in [0, 0.1) is 0 Å². The third-order valence-electron chi connectivity index (χ3n) is 5.16.